The number of carbonyl (C=O) groups excluding carboxylic acids is 3. The summed E-state index contributed by atoms with van der Waals surface area (Å²) in [5.41, 5.74) is 19.4. The average Bonchev–Trinajstić information content (AvgIpc) is 4.45. The van der Waals surface area contributed by atoms with Gasteiger partial charge in [-0.25, -0.2) is 9.37 Å². The fraction of sp³-hybridized carbons (Fsp3) is 0.500. The van der Waals surface area contributed by atoms with Crippen LogP contribution in [0.2, 0.25) is 5.02 Å². The first kappa shape index (κ1) is 59.2. The smallest absolute Gasteiger partial charge is 0.318 e. The number of halogens is 2. The molecule has 4 saturated heterocycles. The third kappa shape index (κ3) is 14.4. The molecule has 0 aliphatic carbocycles. The SMILES string of the molecule is CC(C)(C)CC(=O)N1CCC(O)C1.COc1nc(N2CC3CCC(C2)N3)c2cc(Cl)c(-c3c(C)n(C)c4ccc(N)c(C#N)c34)c(F)c2n1.Cc1ncsc1-c1ccc([C@H](C)NC=O)cc1.NC(=O)CCCCN1CCCC1. The number of unbranched alkanes of at least 4 members (excludes halogenated alkanes) is 1. The van der Waals surface area contributed by atoms with E-state index in [0.717, 1.165) is 87.2 Å². The fourth-order valence-corrected chi connectivity index (χ4v) is 11.8. The van der Waals surface area contributed by atoms with Gasteiger partial charge in [0.1, 0.15) is 17.4 Å². The number of benzene rings is 3. The maximum absolute atomic E-state index is 16.5. The number of aromatic nitrogens is 4. The van der Waals surface area contributed by atoms with E-state index in [4.69, 9.17) is 27.8 Å². The maximum atomic E-state index is 16.5. The summed E-state index contributed by atoms with van der Waals surface area (Å²) in [6.07, 6.45) is 9.23. The van der Waals surface area contributed by atoms with Gasteiger partial charge in [-0.3, -0.25) is 14.4 Å². The van der Waals surface area contributed by atoms with E-state index >= 15 is 4.39 Å². The Morgan fingerprint density at radius 2 is 1.73 bits per heavy atom. The van der Waals surface area contributed by atoms with Crippen molar-refractivity contribution < 1.29 is 28.6 Å². The summed E-state index contributed by atoms with van der Waals surface area (Å²) in [7, 11) is 3.34. The number of aliphatic hydroxyl groups excluding tert-OH is 1. The first-order chi connectivity index (χ1) is 37.2. The zero-order chi connectivity index (χ0) is 56.4. The summed E-state index contributed by atoms with van der Waals surface area (Å²) < 4.78 is 23.8. The highest BCUT2D eigenvalue weighted by Gasteiger charge is 2.35. The number of piperazine rings is 1. The number of aliphatic hydroxyl groups is 1. The second kappa shape index (κ2) is 26.5. The molecule has 3 aromatic heterocycles. The highest BCUT2D eigenvalue weighted by Crippen LogP contribution is 2.45. The third-order valence-corrected chi connectivity index (χ3v) is 16.2. The second-order valence-corrected chi connectivity index (χ2v) is 23.2. The van der Waals surface area contributed by atoms with Crippen LogP contribution in [0.15, 0.2) is 48.0 Å². The van der Waals surface area contributed by atoms with Crippen molar-refractivity contribution in [2.45, 2.75) is 124 Å². The molecule has 7 heterocycles. The van der Waals surface area contributed by atoms with Gasteiger partial charge >= 0.3 is 6.01 Å². The highest BCUT2D eigenvalue weighted by atomic mass is 35.5. The molecule has 4 fully saturated rings. The number of ether oxygens (including phenoxy) is 1. The number of amides is 3. The van der Waals surface area contributed by atoms with Gasteiger partial charge in [0.25, 0.3) is 0 Å². The summed E-state index contributed by atoms with van der Waals surface area (Å²) >= 11 is 8.48. The number of nitrogen functional groups attached to an aromatic ring is 1. The van der Waals surface area contributed by atoms with Crippen molar-refractivity contribution >= 4 is 74.5 Å². The molecule has 20 heteroatoms. The van der Waals surface area contributed by atoms with Crippen molar-refractivity contribution in [2.24, 2.45) is 18.2 Å². The number of likely N-dealkylation sites (tertiary alicyclic amines) is 2. The van der Waals surface area contributed by atoms with Gasteiger partial charge in [0.2, 0.25) is 18.2 Å². The van der Waals surface area contributed by atoms with Crippen LogP contribution in [0.25, 0.3) is 43.4 Å². The molecule has 6 aromatic rings. The number of nitriles is 1. The molecule has 0 spiro atoms. The number of thiazole rings is 1. The molecule has 4 aliphatic rings. The first-order valence-corrected chi connectivity index (χ1v) is 28.2. The van der Waals surface area contributed by atoms with Gasteiger partial charge in [0.15, 0.2) is 5.82 Å². The van der Waals surface area contributed by atoms with Crippen molar-refractivity contribution in [1.29, 1.82) is 5.26 Å². The van der Waals surface area contributed by atoms with E-state index in [1.54, 1.807) is 28.4 Å². The summed E-state index contributed by atoms with van der Waals surface area (Å²) in [4.78, 5) is 53.2. The molecule has 3 unspecified atom stereocenters. The number of anilines is 2. The van der Waals surface area contributed by atoms with Crippen LogP contribution >= 0.6 is 22.9 Å². The molecular weight excluding hydrogens is 1030 g/mol. The Morgan fingerprint density at radius 3 is 2.31 bits per heavy atom. The lowest BCUT2D eigenvalue weighted by Gasteiger charge is -2.34. The molecule has 7 N–H and O–H groups in total. The maximum Gasteiger partial charge on any atom is 0.318 e. The Labute approximate surface area is 466 Å². The van der Waals surface area contributed by atoms with Gasteiger partial charge in [0.05, 0.1) is 57.1 Å². The van der Waals surface area contributed by atoms with E-state index in [2.05, 4.69) is 74.4 Å². The van der Waals surface area contributed by atoms with Gasteiger partial charge in [0, 0.05) is 85.7 Å². The molecule has 0 saturated carbocycles. The van der Waals surface area contributed by atoms with E-state index in [1.807, 2.05) is 56.1 Å². The van der Waals surface area contributed by atoms with Gasteiger partial charge < -0.3 is 51.2 Å². The molecule has 3 aromatic carbocycles. The molecule has 10 rings (SSSR count). The topological polar surface area (TPSA) is 234 Å². The number of rotatable bonds is 13. The molecule has 0 radical (unpaired) electrons. The first-order valence-electron chi connectivity index (χ1n) is 26.9. The van der Waals surface area contributed by atoms with Crippen molar-refractivity contribution in [3.05, 3.63) is 81.3 Å². The number of hydrogen-bond acceptors (Lipinski definition) is 14. The molecule has 4 aliphatic heterocycles. The van der Waals surface area contributed by atoms with Crippen LogP contribution < -0.4 is 31.7 Å². The van der Waals surface area contributed by atoms with Crippen molar-refractivity contribution in [1.82, 2.24) is 40.0 Å². The number of nitrogens with two attached hydrogens (primary N) is 2. The zero-order valence-corrected chi connectivity index (χ0v) is 47.9. The van der Waals surface area contributed by atoms with Crippen LogP contribution in [-0.2, 0) is 21.4 Å². The molecule has 17 nitrogen and oxygen atoms in total. The third-order valence-electron chi connectivity index (χ3n) is 14.9. The van der Waals surface area contributed by atoms with E-state index in [-0.39, 0.29) is 51.5 Å². The quantitative estimate of drug-likeness (QED) is 0.0413. The Hall–Kier alpha value is -6.43. The summed E-state index contributed by atoms with van der Waals surface area (Å²) in [6.45, 7) is 18.4. The number of β-amino-alcohol motifs (C(OH)–C–C–N with tert-alkyl or cyclic N) is 1. The predicted molar refractivity (Wildman–Crippen MR) is 309 cm³/mol. The van der Waals surface area contributed by atoms with Crippen molar-refractivity contribution in [3.8, 4) is 33.6 Å². The normalized spacial score (nSPS) is 18.3. The molecule has 2 bridgehead atoms. The summed E-state index contributed by atoms with van der Waals surface area (Å²) in [5, 5.41) is 26.8. The lowest BCUT2D eigenvalue weighted by atomic mass is 9.92. The van der Waals surface area contributed by atoms with Gasteiger partial charge in [-0.15, -0.1) is 11.3 Å². The number of fused-ring (bicyclic) bond motifs is 4. The van der Waals surface area contributed by atoms with Crippen LogP contribution in [0.4, 0.5) is 15.9 Å². The van der Waals surface area contributed by atoms with E-state index in [9.17, 15) is 24.8 Å². The Kier molecular flexibility index (Phi) is 20.1. The Morgan fingerprint density at radius 1 is 1.04 bits per heavy atom. The highest BCUT2D eigenvalue weighted by molar-refractivity contribution is 7.13. The molecule has 418 valence electrons. The van der Waals surface area contributed by atoms with Gasteiger partial charge in [-0.2, -0.15) is 15.2 Å². The molecule has 3 amide bonds. The summed E-state index contributed by atoms with van der Waals surface area (Å²) in [6, 6.07) is 16.5. The van der Waals surface area contributed by atoms with Crippen LogP contribution in [0.3, 0.4) is 0 Å². The lowest BCUT2D eigenvalue weighted by molar-refractivity contribution is -0.132. The number of hydrogen-bond donors (Lipinski definition) is 5. The minimum atomic E-state index is -0.584. The van der Waals surface area contributed by atoms with Crippen LogP contribution in [-0.4, -0.2) is 124 Å². The Bertz CT molecular complexity index is 3100. The monoisotopic (exact) mass is 1110 g/mol. The largest absolute Gasteiger partial charge is 0.467 e. The lowest BCUT2D eigenvalue weighted by Crippen LogP contribution is -2.51. The van der Waals surface area contributed by atoms with Gasteiger partial charge in [-0.1, -0.05) is 56.6 Å². The van der Waals surface area contributed by atoms with Crippen LogP contribution in [0, 0.1) is 36.4 Å². The van der Waals surface area contributed by atoms with Gasteiger partial charge in [-0.05, 0) is 120 Å². The molecular formula is C58H76ClFN12O5S. The minimum absolute atomic E-state index is 0.0455. The zero-order valence-electron chi connectivity index (χ0n) is 46.3. The standard InChI is InChI=1S/C26H25ClFN7O.C13H14N2OS.C10H19NO2.C9H18N2O/c1-12-20(21-16(9-29)18(30)6-7-19(21)34(12)2)22-17(27)8-15-24(23(22)28)32-26(36-3)33-25(15)35-10-13-4-5-14(11-35)31-13;1-9(14-7-16)11-3-5-12(6-4-11)13-10(2)15-8-17-13;1-10(2,3)6-9(13)11-5-4-8(12)7-11;10-9(12)5-1-2-6-11-7-3-4-8-11/h6-8,13-14,31H,4-5,10-11,30H2,1-3H3;3-9H,1-2H3,(H,14,16);8,12H,4-7H2,1-3H3;1-8H2,(H2,10,12)/t;9-;;/m.0../s1. The number of aryl methyl sites for hydroxylation is 2. The average molecular weight is 1110 g/mol. The molecule has 78 heavy (non-hydrogen) atoms. The van der Waals surface area contributed by atoms with E-state index in [0.29, 0.717) is 64.9 Å². The number of nitrogens with one attached hydrogen (secondary N) is 2. The minimum Gasteiger partial charge on any atom is -0.467 e. The number of primary amides is 1. The second-order valence-electron chi connectivity index (χ2n) is 22.0. The fourth-order valence-electron chi connectivity index (χ4n) is 10.7. The Balaban J connectivity index is 0.000000174. The summed E-state index contributed by atoms with van der Waals surface area (Å²) in [5.74, 6) is 0.0270. The van der Waals surface area contributed by atoms with Crippen LogP contribution in [0.5, 0.6) is 6.01 Å². The van der Waals surface area contributed by atoms with Crippen molar-refractivity contribution in [3.63, 3.8) is 0 Å². The number of methoxy groups -OCH3 is 1. The number of carbonyl (C=O) groups is 3. The van der Waals surface area contributed by atoms with Crippen molar-refractivity contribution in [2.75, 3.05) is 63.6 Å². The van der Waals surface area contributed by atoms with E-state index < -0.39 is 5.82 Å². The molecule has 4 atom stereocenters. The number of nitrogens with zero attached hydrogens (tertiary/aromatic N) is 8. The van der Waals surface area contributed by atoms with E-state index in [1.165, 1.54) is 43.5 Å². The van der Waals surface area contributed by atoms with Crippen LogP contribution in [0.1, 0.15) is 114 Å². The predicted octanol–water partition coefficient (Wildman–Crippen LogP) is 8.97.